The third kappa shape index (κ3) is 5.57. The van der Waals surface area contributed by atoms with E-state index in [-0.39, 0.29) is 17.8 Å². The molecule has 1 fully saturated rings. The van der Waals surface area contributed by atoms with Gasteiger partial charge in [-0.15, -0.1) is 0 Å². The number of hydrogen-bond donors (Lipinski definition) is 2. The Labute approximate surface area is 166 Å². The molecule has 2 heterocycles. The molecule has 2 aliphatic heterocycles. The summed E-state index contributed by atoms with van der Waals surface area (Å²) >= 11 is 0. The lowest BCUT2D eigenvalue weighted by Crippen LogP contribution is -2.43. The van der Waals surface area contributed by atoms with Gasteiger partial charge in [-0.1, -0.05) is 6.08 Å². The lowest BCUT2D eigenvalue weighted by molar-refractivity contribution is -0.165. The Morgan fingerprint density at radius 1 is 1.28 bits per heavy atom. The highest BCUT2D eigenvalue weighted by molar-refractivity contribution is 5.87. The zero-order valence-corrected chi connectivity index (χ0v) is 16.1. The van der Waals surface area contributed by atoms with Crippen LogP contribution >= 0.6 is 0 Å². The van der Waals surface area contributed by atoms with Crippen LogP contribution in [0.15, 0.2) is 36.1 Å². The smallest absolute Gasteiger partial charge is 0.333 e. The molecule has 0 unspecified atom stereocenters. The topological polar surface area (TPSA) is 155 Å². The fourth-order valence-corrected chi connectivity index (χ4v) is 2.63. The Morgan fingerprint density at radius 3 is 2.48 bits per heavy atom. The maximum Gasteiger partial charge on any atom is 0.333 e. The Morgan fingerprint density at radius 2 is 1.93 bits per heavy atom. The van der Waals surface area contributed by atoms with Gasteiger partial charge in [-0.05, 0) is 6.92 Å². The van der Waals surface area contributed by atoms with Crippen LogP contribution in [0.3, 0.4) is 0 Å². The summed E-state index contributed by atoms with van der Waals surface area (Å²) in [6.07, 6.45) is 2.08. The molecule has 11 heteroatoms. The minimum Gasteiger partial charge on any atom is -0.478 e. The van der Waals surface area contributed by atoms with Gasteiger partial charge in [0.25, 0.3) is 0 Å². The van der Waals surface area contributed by atoms with E-state index in [0.717, 1.165) is 20.1 Å². The number of aliphatic carboxylic acids is 1. The normalized spacial score (nSPS) is 25.7. The molecule has 4 atom stereocenters. The molecule has 29 heavy (non-hydrogen) atoms. The molecule has 2 rings (SSSR count). The maximum absolute atomic E-state index is 11.7. The minimum atomic E-state index is -1.22. The first-order chi connectivity index (χ1) is 13.6. The predicted molar refractivity (Wildman–Crippen MR) is 95.1 cm³/mol. The second kappa shape index (κ2) is 9.24. The van der Waals surface area contributed by atoms with E-state index in [9.17, 15) is 24.3 Å². The van der Waals surface area contributed by atoms with Gasteiger partial charge in [0.2, 0.25) is 18.4 Å². The molecule has 158 valence electrons. The third-order valence-electron chi connectivity index (χ3n) is 3.86. The van der Waals surface area contributed by atoms with Crippen molar-refractivity contribution in [3.05, 3.63) is 36.1 Å². The van der Waals surface area contributed by atoms with Gasteiger partial charge in [0.15, 0.2) is 5.76 Å². The average Bonchev–Trinajstić information content (AvgIpc) is 2.96. The van der Waals surface area contributed by atoms with Crippen molar-refractivity contribution in [3.8, 4) is 0 Å². The number of carboxylic acids is 1. The molecule has 3 N–H and O–H groups in total. The van der Waals surface area contributed by atoms with E-state index in [1.54, 1.807) is 6.08 Å². The van der Waals surface area contributed by atoms with Crippen molar-refractivity contribution in [1.82, 2.24) is 4.90 Å². The molecular formula is C18H22N2O9. The Kier molecular flexibility index (Phi) is 6.99. The molecule has 0 amide bonds. The lowest BCUT2D eigenvalue weighted by Gasteiger charge is -2.29. The molecular weight excluding hydrogens is 388 g/mol. The highest BCUT2D eigenvalue weighted by atomic mass is 16.6. The van der Waals surface area contributed by atoms with Crippen LogP contribution in [-0.2, 0) is 38.1 Å². The molecule has 0 aromatic carbocycles. The summed E-state index contributed by atoms with van der Waals surface area (Å²) < 4.78 is 21.1. The van der Waals surface area contributed by atoms with E-state index < -0.39 is 48.4 Å². The van der Waals surface area contributed by atoms with Crippen LogP contribution in [0.1, 0.15) is 27.2 Å². The Balaban J connectivity index is 2.39. The van der Waals surface area contributed by atoms with E-state index in [0.29, 0.717) is 0 Å². The first kappa shape index (κ1) is 22.0. The van der Waals surface area contributed by atoms with Crippen molar-refractivity contribution in [2.24, 2.45) is 5.73 Å². The highest BCUT2D eigenvalue weighted by Crippen LogP contribution is 2.34. The molecule has 0 spiro atoms. The number of carboxylic acid groups (broad SMARTS) is 1. The second-order valence-electron chi connectivity index (χ2n) is 6.35. The summed E-state index contributed by atoms with van der Waals surface area (Å²) in [5.74, 6) is -3.37. The van der Waals surface area contributed by atoms with Crippen LogP contribution < -0.4 is 5.73 Å². The summed E-state index contributed by atoms with van der Waals surface area (Å²) in [5.41, 5.74) is 5.51. The van der Waals surface area contributed by atoms with Crippen molar-refractivity contribution in [1.29, 1.82) is 0 Å². The molecule has 0 bridgehead atoms. The van der Waals surface area contributed by atoms with Crippen LogP contribution in [0.5, 0.6) is 0 Å². The van der Waals surface area contributed by atoms with Crippen molar-refractivity contribution in [3.63, 3.8) is 0 Å². The van der Waals surface area contributed by atoms with Crippen LogP contribution in [-0.4, -0.2) is 58.4 Å². The van der Waals surface area contributed by atoms with E-state index in [1.165, 1.54) is 24.2 Å². The Bertz CT molecular complexity index is 784. The van der Waals surface area contributed by atoms with Gasteiger partial charge in [-0.2, -0.15) is 0 Å². The van der Waals surface area contributed by atoms with Gasteiger partial charge < -0.3 is 34.7 Å². The summed E-state index contributed by atoms with van der Waals surface area (Å²) in [4.78, 5) is 47.5. The highest BCUT2D eigenvalue weighted by Gasteiger charge is 2.49. The quantitative estimate of drug-likeness (QED) is 0.348. The number of esters is 3. The molecule has 0 aliphatic carbocycles. The molecule has 1 saturated heterocycles. The summed E-state index contributed by atoms with van der Waals surface area (Å²) in [6, 6.07) is -0.911. The molecule has 0 aromatic rings. The SMILES string of the molecule is CC(=O)O[C@@H]1[C@H](OC(C)=O)/C(=C\OC(=O)[C@H](C)N)O[C@H]1N1C=CCC(C(=O)O)=C1. The fraction of sp³-hybridized carbons (Fsp3) is 0.444. The van der Waals surface area contributed by atoms with Gasteiger partial charge in [0, 0.05) is 32.7 Å². The van der Waals surface area contributed by atoms with E-state index >= 15 is 0 Å². The zero-order chi connectivity index (χ0) is 21.7. The number of hydrogen-bond acceptors (Lipinski definition) is 10. The number of rotatable bonds is 6. The van der Waals surface area contributed by atoms with Gasteiger partial charge in [0.05, 0.1) is 5.57 Å². The monoisotopic (exact) mass is 410 g/mol. The largest absolute Gasteiger partial charge is 0.478 e. The summed E-state index contributed by atoms with van der Waals surface area (Å²) in [5, 5.41) is 9.23. The third-order valence-corrected chi connectivity index (χ3v) is 3.86. The zero-order valence-electron chi connectivity index (χ0n) is 16.1. The van der Waals surface area contributed by atoms with Crippen molar-refractivity contribution in [2.75, 3.05) is 0 Å². The number of nitrogens with two attached hydrogens (primary N) is 1. The van der Waals surface area contributed by atoms with E-state index in [4.69, 9.17) is 24.7 Å². The average molecular weight is 410 g/mol. The summed E-state index contributed by atoms with van der Waals surface area (Å²) in [7, 11) is 0. The molecule has 0 aromatic heterocycles. The number of carbonyl (C=O) groups is 4. The number of nitrogens with zero attached hydrogens (tertiary/aromatic N) is 1. The van der Waals surface area contributed by atoms with Crippen molar-refractivity contribution >= 4 is 23.9 Å². The summed E-state index contributed by atoms with van der Waals surface area (Å²) in [6.45, 7) is 3.72. The fourth-order valence-electron chi connectivity index (χ4n) is 2.63. The van der Waals surface area contributed by atoms with Gasteiger partial charge >= 0.3 is 23.9 Å². The predicted octanol–water partition coefficient (Wildman–Crippen LogP) is 0.126. The minimum absolute atomic E-state index is 0.0718. The van der Waals surface area contributed by atoms with Crippen LogP contribution in [0.2, 0.25) is 0 Å². The molecule has 2 aliphatic rings. The lowest BCUT2D eigenvalue weighted by atomic mass is 10.1. The first-order valence-electron chi connectivity index (χ1n) is 8.65. The van der Waals surface area contributed by atoms with Crippen molar-refractivity contribution in [2.45, 2.75) is 51.7 Å². The van der Waals surface area contributed by atoms with E-state index in [2.05, 4.69) is 0 Å². The van der Waals surface area contributed by atoms with Gasteiger partial charge in [-0.25, -0.2) is 9.59 Å². The van der Waals surface area contributed by atoms with Gasteiger partial charge in [-0.3, -0.25) is 9.59 Å². The van der Waals surface area contributed by atoms with Crippen LogP contribution in [0, 0.1) is 0 Å². The van der Waals surface area contributed by atoms with Crippen LogP contribution in [0.4, 0.5) is 0 Å². The number of ether oxygens (including phenoxy) is 4. The number of carbonyl (C=O) groups excluding carboxylic acids is 3. The van der Waals surface area contributed by atoms with Crippen molar-refractivity contribution < 1.29 is 43.2 Å². The standard InChI is InChI=1S/C18H22N2O9/c1-9(19)18(25)26-8-13-14(27-10(2)21)15(28-11(3)22)16(29-13)20-6-4-5-12(7-20)17(23)24/h4,6-9,14-16H,5,19H2,1-3H3,(H,23,24)/b13-8+/t9-,14+,15+,16+/m0/s1. The number of allylic oxidation sites excluding steroid dienone is 1. The first-order valence-corrected chi connectivity index (χ1v) is 8.65. The van der Waals surface area contributed by atoms with E-state index in [1.807, 2.05) is 0 Å². The van der Waals surface area contributed by atoms with Gasteiger partial charge in [0.1, 0.15) is 12.3 Å². The maximum atomic E-state index is 11.7. The molecule has 0 radical (unpaired) electrons. The Hall–Kier alpha value is -3.34. The molecule has 11 nitrogen and oxygen atoms in total. The van der Waals surface area contributed by atoms with Crippen LogP contribution in [0.25, 0.3) is 0 Å². The second-order valence-corrected chi connectivity index (χ2v) is 6.35. The molecule has 0 saturated carbocycles.